The highest BCUT2D eigenvalue weighted by Gasteiger charge is 1.94. The zero-order valence-electron chi connectivity index (χ0n) is 11.9. The van der Waals surface area contributed by atoms with Crippen molar-refractivity contribution in [3.63, 3.8) is 0 Å². The van der Waals surface area contributed by atoms with E-state index in [0.29, 0.717) is 5.56 Å². The van der Waals surface area contributed by atoms with E-state index >= 15 is 0 Å². The Labute approximate surface area is 118 Å². The molecule has 0 unspecified atom stereocenters. The van der Waals surface area contributed by atoms with Gasteiger partial charge in [0.05, 0.1) is 0 Å². The van der Waals surface area contributed by atoms with Crippen molar-refractivity contribution in [2.24, 2.45) is 0 Å². The monoisotopic (exact) mass is 270 g/mol. The lowest BCUT2D eigenvalue weighted by atomic mass is 10.2. The van der Waals surface area contributed by atoms with Gasteiger partial charge in [0.1, 0.15) is 0 Å². The first kappa shape index (κ1) is 15.6. The molecule has 0 saturated heterocycles. The van der Waals surface area contributed by atoms with Crippen LogP contribution in [0.5, 0.6) is 5.75 Å². The highest BCUT2D eigenvalue weighted by atomic mass is 16.3. The van der Waals surface area contributed by atoms with Crippen LogP contribution in [0, 0.1) is 20.8 Å². The van der Waals surface area contributed by atoms with Gasteiger partial charge in [0, 0.05) is 0 Å². The normalized spacial score (nSPS) is 9.35. The van der Waals surface area contributed by atoms with Gasteiger partial charge in [0.15, 0.2) is 11.2 Å². The fourth-order valence-electron chi connectivity index (χ4n) is 1.48. The Bertz CT molecular complexity index is 643. The number of rotatable bonds is 0. The highest BCUT2D eigenvalue weighted by molar-refractivity contribution is 5.28. The van der Waals surface area contributed by atoms with Gasteiger partial charge in [-0.05, 0) is 49.6 Å². The molecule has 0 aromatic heterocycles. The number of hydrogen-bond donors (Lipinski definition) is 1. The summed E-state index contributed by atoms with van der Waals surface area (Å²) in [5, 5.41) is 9.05. The summed E-state index contributed by atoms with van der Waals surface area (Å²) in [5.74, 6) is -0.162. The van der Waals surface area contributed by atoms with E-state index in [1.54, 1.807) is 37.3 Å². The minimum Gasteiger partial charge on any atom is -0.504 e. The lowest BCUT2D eigenvalue weighted by Crippen LogP contribution is -1.99. The van der Waals surface area contributed by atoms with E-state index in [2.05, 4.69) is 0 Å². The van der Waals surface area contributed by atoms with Gasteiger partial charge in [-0.15, -0.1) is 0 Å². The maximum absolute atomic E-state index is 11.0. The van der Waals surface area contributed by atoms with E-state index in [1.165, 1.54) is 6.07 Å². The Morgan fingerprint density at radius 1 is 0.700 bits per heavy atom. The van der Waals surface area contributed by atoms with Crippen LogP contribution in [0.15, 0.2) is 58.1 Å². The van der Waals surface area contributed by atoms with E-state index in [0.717, 1.165) is 11.1 Å². The molecule has 3 heteroatoms. The molecule has 0 amide bonds. The van der Waals surface area contributed by atoms with Gasteiger partial charge >= 0.3 is 0 Å². The molecule has 2 rings (SSSR count). The number of aryl methyl sites for hydroxylation is 2. The molecule has 0 atom stereocenters. The van der Waals surface area contributed by atoms with E-state index in [-0.39, 0.29) is 16.6 Å². The van der Waals surface area contributed by atoms with Crippen molar-refractivity contribution < 1.29 is 5.11 Å². The quantitative estimate of drug-likeness (QED) is 0.800. The van der Waals surface area contributed by atoms with Crippen LogP contribution in [-0.4, -0.2) is 5.11 Å². The summed E-state index contributed by atoms with van der Waals surface area (Å²) in [4.78, 5) is 21.8. The SMILES string of the molecule is Cc1ccccc(=O)c1C.Cc1ccccc(=O)c1O. The summed E-state index contributed by atoms with van der Waals surface area (Å²) in [6, 6.07) is 13.5. The summed E-state index contributed by atoms with van der Waals surface area (Å²) in [6.07, 6.45) is 0. The summed E-state index contributed by atoms with van der Waals surface area (Å²) in [6.45, 7) is 5.48. The van der Waals surface area contributed by atoms with Gasteiger partial charge in [-0.3, -0.25) is 9.59 Å². The van der Waals surface area contributed by atoms with E-state index in [1.807, 2.05) is 26.0 Å². The van der Waals surface area contributed by atoms with Gasteiger partial charge in [-0.2, -0.15) is 0 Å². The molecule has 0 radical (unpaired) electrons. The lowest BCUT2D eigenvalue weighted by molar-refractivity contribution is 0.467. The zero-order chi connectivity index (χ0) is 15.1. The van der Waals surface area contributed by atoms with Crippen molar-refractivity contribution in [3.05, 3.63) is 85.7 Å². The van der Waals surface area contributed by atoms with Crippen LogP contribution in [0.25, 0.3) is 0 Å². The van der Waals surface area contributed by atoms with Crippen molar-refractivity contribution in [2.45, 2.75) is 20.8 Å². The van der Waals surface area contributed by atoms with Gasteiger partial charge in [0.25, 0.3) is 0 Å². The lowest BCUT2D eigenvalue weighted by Gasteiger charge is -1.86. The van der Waals surface area contributed by atoms with Crippen LogP contribution in [0.3, 0.4) is 0 Å². The van der Waals surface area contributed by atoms with Crippen LogP contribution in [0.2, 0.25) is 0 Å². The first-order valence-corrected chi connectivity index (χ1v) is 6.29. The fraction of sp³-hybridized carbons (Fsp3) is 0.176. The molecule has 0 bridgehead atoms. The molecule has 3 nitrogen and oxygen atoms in total. The van der Waals surface area contributed by atoms with Crippen molar-refractivity contribution in [2.75, 3.05) is 0 Å². The summed E-state index contributed by atoms with van der Waals surface area (Å²) >= 11 is 0. The second kappa shape index (κ2) is 7.24. The predicted molar refractivity (Wildman–Crippen MR) is 81.3 cm³/mol. The molecule has 2 aromatic rings. The molecule has 0 heterocycles. The maximum Gasteiger partial charge on any atom is 0.220 e. The second-order valence-corrected chi connectivity index (χ2v) is 4.50. The summed E-state index contributed by atoms with van der Waals surface area (Å²) < 4.78 is 0. The first-order chi connectivity index (χ1) is 9.43. The second-order valence-electron chi connectivity index (χ2n) is 4.50. The molecule has 2 aromatic carbocycles. The van der Waals surface area contributed by atoms with Crippen LogP contribution in [-0.2, 0) is 0 Å². The van der Waals surface area contributed by atoms with Gasteiger partial charge in [0.2, 0.25) is 5.43 Å². The Morgan fingerprint density at radius 2 is 1.15 bits per heavy atom. The van der Waals surface area contributed by atoms with Gasteiger partial charge in [-0.1, -0.05) is 36.4 Å². The average molecular weight is 270 g/mol. The summed E-state index contributed by atoms with van der Waals surface area (Å²) in [5.41, 5.74) is 2.28. The van der Waals surface area contributed by atoms with Crippen molar-refractivity contribution in [1.29, 1.82) is 0 Å². The van der Waals surface area contributed by atoms with Crippen LogP contribution in [0.1, 0.15) is 16.7 Å². The largest absolute Gasteiger partial charge is 0.504 e. The number of aromatic hydroxyl groups is 1. The molecule has 104 valence electrons. The molecule has 0 aliphatic carbocycles. The van der Waals surface area contributed by atoms with Gasteiger partial charge < -0.3 is 5.11 Å². The molecule has 0 fully saturated rings. The minimum absolute atomic E-state index is 0.113. The Hall–Kier alpha value is -2.42. The average Bonchev–Trinajstić information content (AvgIpc) is 2.66. The summed E-state index contributed by atoms with van der Waals surface area (Å²) in [7, 11) is 0. The van der Waals surface area contributed by atoms with Crippen LogP contribution >= 0.6 is 0 Å². The topological polar surface area (TPSA) is 54.4 Å². The van der Waals surface area contributed by atoms with E-state index in [4.69, 9.17) is 5.11 Å². The predicted octanol–water partition coefficient (Wildman–Crippen LogP) is 2.72. The van der Waals surface area contributed by atoms with Gasteiger partial charge in [-0.25, -0.2) is 0 Å². The third-order valence-corrected chi connectivity index (χ3v) is 2.98. The molecule has 1 N–H and O–H groups in total. The fourth-order valence-corrected chi connectivity index (χ4v) is 1.48. The molecule has 0 aliphatic rings. The van der Waals surface area contributed by atoms with E-state index < -0.39 is 0 Å². The Morgan fingerprint density at radius 3 is 1.75 bits per heavy atom. The standard InChI is InChI=1S/C9H10O.C8H8O2/c1-7-5-3-4-6-9(10)8(7)2;1-6-4-2-3-5-7(9)8(6)10/h3-6H,1-2H3;2-5H,1H3,(H,9,10). The van der Waals surface area contributed by atoms with Crippen LogP contribution < -0.4 is 10.9 Å². The van der Waals surface area contributed by atoms with Crippen molar-refractivity contribution in [3.8, 4) is 5.75 Å². The third kappa shape index (κ3) is 4.35. The Balaban J connectivity index is 0.000000200. The van der Waals surface area contributed by atoms with Crippen LogP contribution in [0.4, 0.5) is 0 Å². The first-order valence-electron chi connectivity index (χ1n) is 6.29. The minimum atomic E-state index is -0.331. The highest BCUT2D eigenvalue weighted by Crippen LogP contribution is 2.05. The molecule has 0 aliphatic heterocycles. The number of hydrogen-bond acceptors (Lipinski definition) is 3. The molecule has 0 saturated carbocycles. The Kier molecular flexibility index (Phi) is 5.66. The zero-order valence-corrected chi connectivity index (χ0v) is 11.9. The van der Waals surface area contributed by atoms with E-state index in [9.17, 15) is 9.59 Å². The maximum atomic E-state index is 11.0. The van der Waals surface area contributed by atoms with Crippen molar-refractivity contribution in [1.82, 2.24) is 0 Å². The molecular formula is C17H18O3. The smallest absolute Gasteiger partial charge is 0.220 e. The molecule has 0 spiro atoms. The third-order valence-electron chi connectivity index (χ3n) is 2.98. The van der Waals surface area contributed by atoms with Crippen molar-refractivity contribution >= 4 is 0 Å². The molecular weight excluding hydrogens is 252 g/mol. The molecule has 20 heavy (non-hydrogen) atoms.